The van der Waals surface area contributed by atoms with E-state index in [0.29, 0.717) is 6.04 Å². The van der Waals surface area contributed by atoms with E-state index < -0.39 is 0 Å². The minimum Gasteiger partial charge on any atom is -0.312 e. The Hall–Kier alpha value is -0.120. The summed E-state index contributed by atoms with van der Waals surface area (Å²) in [6.07, 6.45) is 2.56. The molecule has 3 heterocycles. The van der Waals surface area contributed by atoms with Crippen molar-refractivity contribution in [2.75, 3.05) is 39.3 Å². The normalized spacial score (nSPS) is 34.2. The quantitative estimate of drug-likeness (QED) is 0.756. The first kappa shape index (κ1) is 13.3. The molecule has 1 N–H and O–H groups in total. The fraction of sp³-hybridized carbons (Fsp3) is 1.00. The predicted octanol–water partition coefficient (Wildman–Crippen LogP) is 1.40. The third kappa shape index (κ3) is 3.43. The van der Waals surface area contributed by atoms with Gasteiger partial charge in [-0.1, -0.05) is 20.8 Å². The lowest BCUT2D eigenvalue weighted by molar-refractivity contribution is -0.00621. The van der Waals surface area contributed by atoms with Crippen LogP contribution in [0.3, 0.4) is 0 Å². The monoisotopic (exact) mass is 239 g/mol. The molecule has 100 valence electrons. The second-order valence-electron chi connectivity index (χ2n) is 6.09. The summed E-state index contributed by atoms with van der Waals surface area (Å²) in [6.45, 7) is 14.6. The van der Waals surface area contributed by atoms with Crippen LogP contribution in [0.25, 0.3) is 0 Å². The van der Waals surface area contributed by atoms with E-state index in [0.717, 1.165) is 12.0 Å². The Morgan fingerprint density at radius 3 is 2.35 bits per heavy atom. The summed E-state index contributed by atoms with van der Waals surface area (Å²) in [6, 6.07) is 1.45. The minimum atomic E-state index is 0.693. The number of hydrogen-bond donors (Lipinski definition) is 1. The molecule has 3 heteroatoms. The maximum Gasteiger partial charge on any atom is 0.0377 e. The average molecular weight is 239 g/mol. The summed E-state index contributed by atoms with van der Waals surface area (Å²) < 4.78 is 0. The first-order valence-electron chi connectivity index (χ1n) is 7.40. The Kier molecular flexibility index (Phi) is 4.83. The van der Waals surface area contributed by atoms with Crippen LogP contribution >= 0.6 is 0 Å². The molecule has 3 nitrogen and oxygen atoms in total. The number of rotatable bonds is 6. The number of piperazine rings is 3. The molecule has 3 aliphatic rings. The van der Waals surface area contributed by atoms with Crippen LogP contribution in [0.4, 0.5) is 0 Å². The van der Waals surface area contributed by atoms with E-state index >= 15 is 0 Å². The van der Waals surface area contributed by atoms with Gasteiger partial charge in [0.15, 0.2) is 0 Å². The summed E-state index contributed by atoms with van der Waals surface area (Å²) >= 11 is 0. The zero-order chi connectivity index (χ0) is 12.3. The Morgan fingerprint density at radius 2 is 1.88 bits per heavy atom. The Balaban J connectivity index is 1.94. The Labute approximate surface area is 107 Å². The van der Waals surface area contributed by atoms with Crippen LogP contribution in [0.2, 0.25) is 0 Å². The van der Waals surface area contributed by atoms with Crippen LogP contribution in [0.1, 0.15) is 33.6 Å². The fourth-order valence-electron chi connectivity index (χ4n) is 3.25. The van der Waals surface area contributed by atoms with Gasteiger partial charge < -0.3 is 5.32 Å². The zero-order valence-electron chi connectivity index (χ0n) is 11.8. The molecule has 2 unspecified atom stereocenters. The lowest BCUT2D eigenvalue weighted by Crippen LogP contribution is -2.66. The molecule has 0 radical (unpaired) electrons. The first-order chi connectivity index (χ1) is 8.20. The van der Waals surface area contributed by atoms with E-state index in [1.54, 1.807) is 0 Å². The Morgan fingerprint density at radius 1 is 1.18 bits per heavy atom. The fourth-order valence-corrected chi connectivity index (χ4v) is 3.25. The molecule has 3 saturated heterocycles. The molecule has 0 saturated carbocycles. The van der Waals surface area contributed by atoms with Crippen molar-refractivity contribution in [2.24, 2.45) is 5.92 Å². The van der Waals surface area contributed by atoms with Gasteiger partial charge in [-0.05, 0) is 25.3 Å². The lowest BCUT2D eigenvalue weighted by Gasteiger charge is -2.50. The van der Waals surface area contributed by atoms with Gasteiger partial charge in [-0.2, -0.15) is 0 Å². The van der Waals surface area contributed by atoms with Gasteiger partial charge in [0.1, 0.15) is 0 Å². The van der Waals surface area contributed by atoms with Gasteiger partial charge in [0.25, 0.3) is 0 Å². The highest BCUT2D eigenvalue weighted by molar-refractivity contribution is 4.95. The molecule has 2 bridgehead atoms. The molecule has 3 rings (SSSR count). The third-order valence-electron chi connectivity index (χ3n) is 4.17. The molecule has 0 aromatic rings. The number of hydrogen-bond acceptors (Lipinski definition) is 3. The molecule has 3 fully saturated rings. The van der Waals surface area contributed by atoms with Gasteiger partial charge >= 0.3 is 0 Å². The van der Waals surface area contributed by atoms with Gasteiger partial charge in [0, 0.05) is 44.8 Å². The van der Waals surface area contributed by atoms with E-state index in [9.17, 15) is 0 Å². The van der Waals surface area contributed by atoms with E-state index in [4.69, 9.17) is 0 Å². The summed E-state index contributed by atoms with van der Waals surface area (Å²) in [4.78, 5) is 5.36. The van der Waals surface area contributed by atoms with Crippen molar-refractivity contribution in [3.63, 3.8) is 0 Å². The van der Waals surface area contributed by atoms with Crippen molar-refractivity contribution in [1.29, 1.82) is 0 Å². The van der Waals surface area contributed by atoms with Crippen molar-refractivity contribution < 1.29 is 0 Å². The Bertz CT molecular complexity index is 222. The van der Waals surface area contributed by atoms with Crippen LogP contribution < -0.4 is 5.32 Å². The van der Waals surface area contributed by atoms with E-state index in [1.165, 1.54) is 52.1 Å². The van der Waals surface area contributed by atoms with Crippen molar-refractivity contribution in [2.45, 2.75) is 45.7 Å². The molecule has 0 spiro atoms. The molecular weight excluding hydrogens is 210 g/mol. The average Bonchev–Trinajstić information content (AvgIpc) is 2.35. The molecule has 0 aromatic carbocycles. The zero-order valence-corrected chi connectivity index (χ0v) is 11.8. The van der Waals surface area contributed by atoms with Crippen molar-refractivity contribution in [3.05, 3.63) is 0 Å². The molecule has 0 amide bonds. The number of fused-ring (bicyclic) bond motifs is 3. The molecule has 0 aliphatic carbocycles. The second kappa shape index (κ2) is 6.17. The van der Waals surface area contributed by atoms with Gasteiger partial charge in [-0.3, -0.25) is 9.80 Å². The molecule has 0 aromatic heterocycles. The topological polar surface area (TPSA) is 18.5 Å². The van der Waals surface area contributed by atoms with Crippen LogP contribution in [0.5, 0.6) is 0 Å². The predicted molar refractivity (Wildman–Crippen MR) is 73.3 cm³/mol. The maximum atomic E-state index is 3.79. The minimum absolute atomic E-state index is 0.693. The van der Waals surface area contributed by atoms with Gasteiger partial charge in [0.05, 0.1) is 0 Å². The number of nitrogens with zero attached hydrogens (tertiary/aromatic N) is 2. The molecule has 3 aliphatic heterocycles. The highest BCUT2D eigenvalue weighted by Crippen LogP contribution is 2.21. The van der Waals surface area contributed by atoms with Crippen LogP contribution in [-0.2, 0) is 0 Å². The summed E-state index contributed by atoms with van der Waals surface area (Å²) in [7, 11) is 0. The SMILES string of the molecule is CCCNC(CC(C)C)C1CN2CCN1CC2. The highest BCUT2D eigenvalue weighted by atomic mass is 15.4. The van der Waals surface area contributed by atoms with E-state index in [2.05, 4.69) is 35.9 Å². The van der Waals surface area contributed by atoms with Gasteiger partial charge in [-0.15, -0.1) is 0 Å². The van der Waals surface area contributed by atoms with E-state index in [1.807, 2.05) is 0 Å². The summed E-state index contributed by atoms with van der Waals surface area (Å²) in [5.41, 5.74) is 0. The van der Waals surface area contributed by atoms with Crippen LogP contribution in [0, 0.1) is 5.92 Å². The smallest absolute Gasteiger partial charge is 0.0377 e. The van der Waals surface area contributed by atoms with Crippen LogP contribution in [0.15, 0.2) is 0 Å². The largest absolute Gasteiger partial charge is 0.312 e. The second-order valence-corrected chi connectivity index (χ2v) is 6.09. The van der Waals surface area contributed by atoms with Gasteiger partial charge in [0.2, 0.25) is 0 Å². The van der Waals surface area contributed by atoms with Crippen molar-refractivity contribution in [3.8, 4) is 0 Å². The summed E-state index contributed by atoms with van der Waals surface area (Å²) in [5, 5.41) is 3.79. The maximum absolute atomic E-state index is 3.79. The van der Waals surface area contributed by atoms with Crippen LogP contribution in [-0.4, -0.2) is 61.2 Å². The van der Waals surface area contributed by atoms with Gasteiger partial charge in [-0.25, -0.2) is 0 Å². The lowest BCUT2D eigenvalue weighted by atomic mass is 9.93. The molecular formula is C14H29N3. The number of nitrogens with one attached hydrogen (secondary N) is 1. The van der Waals surface area contributed by atoms with Crippen molar-refractivity contribution >= 4 is 0 Å². The first-order valence-corrected chi connectivity index (χ1v) is 7.40. The summed E-state index contributed by atoms with van der Waals surface area (Å²) in [5.74, 6) is 0.793. The van der Waals surface area contributed by atoms with E-state index in [-0.39, 0.29) is 0 Å². The molecule has 17 heavy (non-hydrogen) atoms. The van der Waals surface area contributed by atoms with Crippen molar-refractivity contribution in [1.82, 2.24) is 15.1 Å². The third-order valence-corrected chi connectivity index (χ3v) is 4.17. The standard InChI is InChI=1S/C14H29N3/c1-4-5-15-13(10-12(2)3)14-11-16-6-8-17(14)9-7-16/h12-15H,4-11H2,1-3H3. The highest BCUT2D eigenvalue weighted by Gasteiger charge is 2.36. The molecule has 2 atom stereocenters.